The number of rotatable bonds is 7. The third-order valence-electron chi connectivity index (χ3n) is 6.57. The summed E-state index contributed by atoms with van der Waals surface area (Å²) in [7, 11) is 1.86. The lowest BCUT2D eigenvalue weighted by Crippen LogP contribution is -2.26. The summed E-state index contributed by atoms with van der Waals surface area (Å²) in [4.78, 5) is 19.7. The molecular weight excluding hydrogens is 448 g/mol. The summed E-state index contributed by atoms with van der Waals surface area (Å²) < 4.78 is 3.76. The van der Waals surface area contributed by atoms with E-state index in [1.54, 1.807) is 4.90 Å². The zero-order chi connectivity index (χ0) is 25.2. The van der Waals surface area contributed by atoms with Crippen molar-refractivity contribution in [2.24, 2.45) is 0 Å². The van der Waals surface area contributed by atoms with E-state index in [0.29, 0.717) is 19.4 Å². The highest BCUT2D eigenvalue weighted by Crippen LogP contribution is 2.25. The maximum absolute atomic E-state index is 13.2. The van der Waals surface area contributed by atoms with Crippen molar-refractivity contribution < 1.29 is 4.79 Å². The van der Waals surface area contributed by atoms with E-state index in [1.807, 2.05) is 97.8 Å². The highest BCUT2D eigenvalue weighted by Gasteiger charge is 2.18. The Labute approximate surface area is 211 Å². The molecule has 0 saturated heterocycles. The number of amides is 1. The second-order valence-corrected chi connectivity index (χ2v) is 9.22. The predicted molar refractivity (Wildman–Crippen MR) is 141 cm³/mol. The number of aromatic nitrogens is 5. The van der Waals surface area contributed by atoms with Gasteiger partial charge < -0.3 is 4.90 Å². The van der Waals surface area contributed by atoms with E-state index >= 15 is 0 Å². The summed E-state index contributed by atoms with van der Waals surface area (Å²) in [5.41, 5.74) is 8.75. The Morgan fingerprint density at radius 2 is 1.64 bits per heavy atom. The maximum Gasteiger partial charge on any atom is 0.222 e. The molecule has 3 aromatic heterocycles. The van der Waals surface area contributed by atoms with Gasteiger partial charge in [-0.3, -0.25) is 4.79 Å². The second-order valence-electron chi connectivity index (χ2n) is 9.22. The van der Waals surface area contributed by atoms with Crippen LogP contribution in [0.25, 0.3) is 22.6 Å². The van der Waals surface area contributed by atoms with Crippen LogP contribution in [0.5, 0.6) is 0 Å². The molecule has 0 aliphatic rings. The number of fused-ring (bicyclic) bond motifs is 1. The fourth-order valence-electron chi connectivity index (χ4n) is 4.65. The Balaban J connectivity index is 1.36. The minimum Gasteiger partial charge on any atom is -0.341 e. The van der Waals surface area contributed by atoms with E-state index in [9.17, 15) is 4.79 Å². The lowest BCUT2D eigenvalue weighted by Gasteiger charge is -2.18. The Bertz CT molecular complexity index is 1520. The first-order valence-corrected chi connectivity index (χ1v) is 12.2. The fourth-order valence-corrected chi connectivity index (χ4v) is 4.65. The van der Waals surface area contributed by atoms with Gasteiger partial charge in [-0.25, -0.2) is 14.2 Å². The van der Waals surface area contributed by atoms with Gasteiger partial charge in [-0.2, -0.15) is 10.2 Å². The van der Waals surface area contributed by atoms with E-state index in [2.05, 4.69) is 22.2 Å². The maximum atomic E-state index is 13.2. The lowest BCUT2D eigenvalue weighted by atomic mass is 10.1. The molecule has 5 rings (SSSR count). The number of hydrogen-bond acceptors (Lipinski definition) is 4. The van der Waals surface area contributed by atoms with Crippen molar-refractivity contribution >= 4 is 11.6 Å². The highest BCUT2D eigenvalue weighted by atomic mass is 16.2. The quantitative estimate of drug-likeness (QED) is 0.326. The second kappa shape index (κ2) is 9.77. The molecule has 0 N–H and O–H groups in total. The molecule has 1 amide bonds. The Morgan fingerprint density at radius 1 is 0.944 bits per heavy atom. The van der Waals surface area contributed by atoms with Gasteiger partial charge in [0.1, 0.15) is 0 Å². The summed E-state index contributed by atoms with van der Waals surface area (Å²) >= 11 is 0. The molecule has 3 heterocycles. The number of aryl methyl sites for hydroxylation is 3. The third-order valence-corrected chi connectivity index (χ3v) is 6.57. The van der Waals surface area contributed by atoms with Gasteiger partial charge in [0.2, 0.25) is 5.91 Å². The van der Waals surface area contributed by atoms with Crippen LogP contribution in [0.2, 0.25) is 0 Å². The Hall–Kier alpha value is -4.26. The van der Waals surface area contributed by atoms with Crippen LogP contribution in [0.1, 0.15) is 34.6 Å². The molecule has 0 spiro atoms. The average molecular weight is 479 g/mol. The normalized spacial score (nSPS) is 11.2. The topological polar surface area (TPSA) is 68.3 Å². The van der Waals surface area contributed by atoms with Gasteiger partial charge in [-0.05, 0) is 44.9 Å². The average Bonchev–Trinajstić information content (AvgIpc) is 3.48. The number of carbonyl (C=O) groups is 1. The number of benzene rings is 2. The van der Waals surface area contributed by atoms with Crippen LogP contribution in [0.4, 0.5) is 0 Å². The smallest absolute Gasteiger partial charge is 0.222 e. The van der Waals surface area contributed by atoms with Crippen LogP contribution in [0.3, 0.4) is 0 Å². The van der Waals surface area contributed by atoms with Crippen LogP contribution in [-0.2, 0) is 17.8 Å². The first-order valence-electron chi connectivity index (χ1n) is 12.2. The number of para-hydroxylation sites is 1. The van der Waals surface area contributed by atoms with Gasteiger partial charge in [0.15, 0.2) is 5.65 Å². The van der Waals surface area contributed by atoms with Crippen molar-refractivity contribution in [2.75, 3.05) is 7.05 Å². The van der Waals surface area contributed by atoms with Gasteiger partial charge >= 0.3 is 0 Å². The number of hydrogen-bond donors (Lipinski definition) is 0. The molecule has 0 saturated carbocycles. The molecule has 182 valence electrons. The molecular formula is C29H30N6O. The Kier molecular flexibility index (Phi) is 6.38. The van der Waals surface area contributed by atoms with E-state index in [1.165, 1.54) is 0 Å². The first kappa shape index (κ1) is 23.5. The molecule has 0 aliphatic heterocycles. The minimum absolute atomic E-state index is 0.0806. The van der Waals surface area contributed by atoms with E-state index in [4.69, 9.17) is 5.10 Å². The summed E-state index contributed by atoms with van der Waals surface area (Å²) in [6.07, 6.45) is 3.05. The Morgan fingerprint density at radius 3 is 2.36 bits per heavy atom. The van der Waals surface area contributed by atoms with Crippen molar-refractivity contribution in [2.45, 2.75) is 40.2 Å². The van der Waals surface area contributed by atoms with Gasteiger partial charge in [0.25, 0.3) is 0 Å². The summed E-state index contributed by atoms with van der Waals surface area (Å²) in [5.74, 6) is 0.0806. The van der Waals surface area contributed by atoms with Crippen LogP contribution < -0.4 is 0 Å². The van der Waals surface area contributed by atoms with Crippen molar-refractivity contribution in [3.63, 3.8) is 0 Å². The van der Waals surface area contributed by atoms with Crippen molar-refractivity contribution in [1.82, 2.24) is 29.3 Å². The lowest BCUT2D eigenvalue weighted by molar-refractivity contribution is -0.130. The van der Waals surface area contributed by atoms with Crippen LogP contribution in [-0.4, -0.2) is 42.2 Å². The molecule has 0 fully saturated rings. The summed E-state index contributed by atoms with van der Waals surface area (Å²) in [5, 5.41) is 9.42. The molecule has 0 radical (unpaired) electrons. The van der Waals surface area contributed by atoms with Gasteiger partial charge in [-0.1, -0.05) is 48.5 Å². The SMILES string of the molecule is Cc1cc2nc(C)c(CCC(=O)N(C)Cc3cn(-c4ccccc4)nc3-c3ccccc3)c(C)n2n1. The number of carbonyl (C=O) groups excluding carboxylic acids is 1. The van der Waals surface area contributed by atoms with Crippen molar-refractivity contribution in [1.29, 1.82) is 0 Å². The first-order chi connectivity index (χ1) is 17.4. The zero-order valence-electron chi connectivity index (χ0n) is 21.1. The molecule has 0 aliphatic carbocycles. The summed E-state index contributed by atoms with van der Waals surface area (Å²) in [6, 6.07) is 22.1. The van der Waals surface area contributed by atoms with E-state index in [-0.39, 0.29) is 5.91 Å². The van der Waals surface area contributed by atoms with E-state index in [0.717, 1.165) is 50.8 Å². The van der Waals surface area contributed by atoms with Gasteiger partial charge in [-0.15, -0.1) is 0 Å². The van der Waals surface area contributed by atoms with Crippen LogP contribution in [0, 0.1) is 20.8 Å². The molecule has 0 unspecified atom stereocenters. The van der Waals surface area contributed by atoms with E-state index < -0.39 is 0 Å². The fraction of sp³-hybridized carbons (Fsp3) is 0.241. The molecule has 5 aromatic rings. The van der Waals surface area contributed by atoms with Crippen molar-refractivity contribution in [3.8, 4) is 16.9 Å². The van der Waals surface area contributed by atoms with Gasteiger partial charge in [0, 0.05) is 54.8 Å². The van der Waals surface area contributed by atoms with Crippen molar-refractivity contribution in [3.05, 3.63) is 101 Å². The van der Waals surface area contributed by atoms with Crippen LogP contribution in [0.15, 0.2) is 72.9 Å². The molecule has 7 heteroatoms. The molecule has 7 nitrogen and oxygen atoms in total. The minimum atomic E-state index is 0.0806. The highest BCUT2D eigenvalue weighted by molar-refractivity contribution is 5.76. The monoisotopic (exact) mass is 478 g/mol. The predicted octanol–water partition coefficient (Wildman–Crippen LogP) is 5.10. The molecule has 0 bridgehead atoms. The largest absolute Gasteiger partial charge is 0.341 e. The standard InChI is InChI=1S/C29H30N6O/c1-20-17-27-30-21(2)26(22(3)35(27)31-20)15-16-28(36)33(4)18-24-19-34(25-13-9-6-10-14-25)32-29(24)23-11-7-5-8-12-23/h5-14,17,19H,15-16,18H2,1-4H3. The third kappa shape index (κ3) is 4.64. The number of nitrogens with zero attached hydrogens (tertiary/aromatic N) is 6. The molecule has 36 heavy (non-hydrogen) atoms. The van der Waals surface area contributed by atoms with Crippen LogP contribution >= 0.6 is 0 Å². The summed E-state index contributed by atoms with van der Waals surface area (Å²) in [6.45, 7) is 6.49. The zero-order valence-corrected chi connectivity index (χ0v) is 21.1. The molecule has 0 atom stereocenters. The molecule has 2 aromatic carbocycles. The van der Waals surface area contributed by atoms with Gasteiger partial charge in [0.05, 0.1) is 17.1 Å².